The highest BCUT2D eigenvalue weighted by molar-refractivity contribution is 7.89. The Morgan fingerprint density at radius 3 is 2.55 bits per heavy atom. The minimum Gasteiger partial charge on any atom is -0.407 e. The lowest BCUT2D eigenvalue weighted by atomic mass is 9.99. The third-order valence-electron chi connectivity index (χ3n) is 5.83. The first-order valence-electron chi connectivity index (χ1n) is 11.1. The fourth-order valence-electron chi connectivity index (χ4n) is 3.89. The van der Waals surface area contributed by atoms with Crippen molar-refractivity contribution in [3.63, 3.8) is 0 Å². The van der Waals surface area contributed by atoms with Crippen LogP contribution in [0.2, 0.25) is 0 Å². The maximum Gasteiger partial charge on any atom is 0.322 e. The summed E-state index contributed by atoms with van der Waals surface area (Å²) in [7, 11) is -3.64. The number of carbonyl (C=O) groups is 1. The zero-order valence-corrected chi connectivity index (χ0v) is 19.6. The van der Waals surface area contributed by atoms with Crippen molar-refractivity contribution in [2.24, 2.45) is 5.92 Å². The average molecular weight is 469 g/mol. The molecule has 1 aromatic heterocycles. The van der Waals surface area contributed by atoms with Gasteiger partial charge in [-0.1, -0.05) is 61.4 Å². The van der Waals surface area contributed by atoms with Crippen LogP contribution in [0.1, 0.15) is 49.6 Å². The third-order valence-corrected chi connectivity index (χ3v) is 7.71. The van der Waals surface area contributed by atoms with E-state index in [4.69, 9.17) is 4.42 Å². The molecular formula is C24H28N4O4S. The number of rotatable bonds is 7. The fraction of sp³-hybridized carbons (Fsp3) is 0.375. The second-order valence-electron chi connectivity index (χ2n) is 8.58. The largest absolute Gasteiger partial charge is 0.407 e. The molecule has 1 fully saturated rings. The lowest BCUT2D eigenvalue weighted by Crippen LogP contribution is -2.43. The Kier molecular flexibility index (Phi) is 6.90. The molecule has 1 saturated heterocycles. The van der Waals surface area contributed by atoms with E-state index in [0.29, 0.717) is 37.6 Å². The van der Waals surface area contributed by atoms with Crippen molar-refractivity contribution in [2.75, 3.05) is 18.4 Å². The van der Waals surface area contributed by atoms with Crippen molar-refractivity contribution >= 4 is 21.9 Å². The van der Waals surface area contributed by atoms with Crippen molar-refractivity contribution < 1.29 is 17.6 Å². The van der Waals surface area contributed by atoms with E-state index < -0.39 is 15.9 Å². The summed E-state index contributed by atoms with van der Waals surface area (Å²) in [6, 6.07) is 16.5. The Morgan fingerprint density at radius 1 is 1.12 bits per heavy atom. The van der Waals surface area contributed by atoms with Crippen LogP contribution < -0.4 is 5.32 Å². The van der Waals surface area contributed by atoms with E-state index in [1.165, 1.54) is 9.87 Å². The summed E-state index contributed by atoms with van der Waals surface area (Å²) >= 11 is 0. The molecule has 0 spiro atoms. The molecule has 0 bridgehead atoms. The van der Waals surface area contributed by atoms with Gasteiger partial charge < -0.3 is 4.42 Å². The van der Waals surface area contributed by atoms with E-state index in [0.717, 1.165) is 5.56 Å². The van der Waals surface area contributed by atoms with Gasteiger partial charge in [-0.05, 0) is 42.0 Å². The molecule has 174 valence electrons. The Labute approximate surface area is 194 Å². The van der Waals surface area contributed by atoms with E-state index >= 15 is 0 Å². The number of nitrogens with one attached hydrogen (secondary N) is 1. The van der Waals surface area contributed by atoms with Gasteiger partial charge in [-0.25, -0.2) is 8.42 Å². The minimum absolute atomic E-state index is 0.0249. The number of hydrogen-bond donors (Lipinski definition) is 1. The van der Waals surface area contributed by atoms with Crippen LogP contribution in [0.4, 0.5) is 6.01 Å². The number of aromatic nitrogens is 2. The summed E-state index contributed by atoms with van der Waals surface area (Å²) in [6.07, 6.45) is 1.66. The van der Waals surface area contributed by atoms with Crippen molar-refractivity contribution in [1.29, 1.82) is 0 Å². The topological polar surface area (TPSA) is 105 Å². The number of carbonyl (C=O) groups excluding carboxylic acids is 1. The fourth-order valence-corrected chi connectivity index (χ4v) is 5.44. The van der Waals surface area contributed by atoms with Crippen molar-refractivity contribution in [3.05, 3.63) is 71.6 Å². The zero-order chi connectivity index (χ0) is 23.4. The number of amides is 1. The second-order valence-corrected chi connectivity index (χ2v) is 10.5. The normalized spacial score (nSPS) is 17.2. The number of piperidine rings is 1. The lowest BCUT2D eigenvalue weighted by molar-refractivity contribution is -0.121. The molecule has 0 radical (unpaired) electrons. The Bertz CT molecular complexity index is 1190. The van der Waals surface area contributed by atoms with Crippen LogP contribution in [0, 0.1) is 5.92 Å². The summed E-state index contributed by atoms with van der Waals surface area (Å²) < 4.78 is 32.8. The Balaban J connectivity index is 1.37. The molecular weight excluding hydrogens is 440 g/mol. The number of hydrogen-bond acceptors (Lipinski definition) is 6. The molecule has 1 amide bonds. The molecule has 33 heavy (non-hydrogen) atoms. The third kappa shape index (κ3) is 5.48. The van der Waals surface area contributed by atoms with Gasteiger partial charge in [0.05, 0.1) is 17.2 Å². The SMILES string of the molecule is CC(C)c1ccc(Cc2nnc(NC(=O)C3CCCN(S(=O)(=O)c4ccccc4)C3)o2)cc1. The van der Waals surface area contributed by atoms with Gasteiger partial charge in [-0.3, -0.25) is 10.1 Å². The summed E-state index contributed by atoms with van der Waals surface area (Å²) in [5.74, 6) is 0.0535. The van der Waals surface area contributed by atoms with Crippen LogP contribution in [-0.2, 0) is 21.2 Å². The average Bonchev–Trinajstić information content (AvgIpc) is 3.26. The van der Waals surface area contributed by atoms with Crippen LogP contribution >= 0.6 is 0 Å². The zero-order valence-electron chi connectivity index (χ0n) is 18.8. The standard InChI is InChI=1S/C24H28N4O4S/c1-17(2)19-12-10-18(11-13-19)15-22-26-27-24(32-22)25-23(29)20-7-6-14-28(16-20)33(30,31)21-8-4-3-5-9-21/h3-5,8-13,17,20H,6-7,14-16H2,1-2H3,(H,25,27,29). The Hall–Kier alpha value is -3.04. The molecule has 4 rings (SSSR count). The molecule has 0 aliphatic carbocycles. The molecule has 3 aromatic rings. The van der Waals surface area contributed by atoms with E-state index in [2.05, 4.69) is 41.5 Å². The molecule has 0 saturated carbocycles. The van der Waals surface area contributed by atoms with Gasteiger partial charge in [-0.15, -0.1) is 5.10 Å². The highest BCUT2D eigenvalue weighted by atomic mass is 32.2. The highest BCUT2D eigenvalue weighted by Crippen LogP contribution is 2.25. The maximum atomic E-state index is 12.9. The first kappa shape index (κ1) is 23.1. The molecule has 1 aliphatic heterocycles. The number of benzene rings is 2. The van der Waals surface area contributed by atoms with Crippen LogP contribution in [0.25, 0.3) is 0 Å². The van der Waals surface area contributed by atoms with Crippen molar-refractivity contribution in [1.82, 2.24) is 14.5 Å². The summed E-state index contributed by atoms with van der Waals surface area (Å²) in [4.78, 5) is 13.0. The molecule has 2 aromatic carbocycles. The predicted molar refractivity (Wildman–Crippen MR) is 124 cm³/mol. The van der Waals surface area contributed by atoms with Gasteiger partial charge in [0.2, 0.25) is 21.8 Å². The van der Waals surface area contributed by atoms with E-state index in [1.807, 2.05) is 12.1 Å². The first-order valence-corrected chi connectivity index (χ1v) is 12.5. The molecule has 1 N–H and O–H groups in total. The Morgan fingerprint density at radius 2 is 1.85 bits per heavy atom. The second kappa shape index (κ2) is 9.84. The van der Waals surface area contributed by atoms with E-state index in [9.17, 15) is 13.2 Å². The number of anilines is 1. The summed E-state index contributed by atoms with van der Waals surface area (Å²) in [6.45, 7) is 4.79. The molecule has 2 heterocycles. The van der Waals surface area contributed by atoms with Crippen LogP contribution in [0.3, 0.4) is 0 Å². The van der Waals surface area contributed by atoms with Gasteiger partial charge in [0.25, 0.3) is 0 Å². The van der Waals surface area contributed by atoms with Gasteiger partial charge >= 0.3 is 6.01 Å². The molecule has 9 heteroatoms. The number of sulfonamides is 1. The van der Waals surface area contributed by atoms with E-state index in [-0.39, 0.29) is 23.4 Å². The van der Waals surface area contributed by atoms with Gasteiger partial charge in [0, 0.05) is 13.1 Å². The highest BCUT2D eigenvalue weighted by Gasteiger charge is 2.33. The van der Waals surface area contributed by atoms with Crippen LogP contribution in [0.15, 0.2) is 63.9 Å². The van der Waals surface area contributed by atoms with Crippen LogP contribution in [0.5, 0.6) is 0 Å². The number of nitrogens with zero attached hydrogens (tertiary/aromatic N) is 3. The van der Waals surface area contributed by atoms with Gasteiger partial charge in [0.1, 0.15) is 0 Å². The molecule has 8 nitrogen and oxygen atoms in total. The minimum atomic E-state index is -3.64. The summed E-state index contributed by atoms with van der Waals surface area (Å²) in [5, 5.41) is 10.6. The van der Waals surface area contributed by atoms with Crippen molar-refractivity contribution in [3.8, 4) is 0 Å². The molecule has 1 unspecified atom stereocenters. The van der Waals surface area contributed by atoms with Gasteiger partial charge in [0.15, 0.2) is 0 Å². The quantitative estimate of drug-likeness (QED) is 0.565. The molecule has 1 aliphatic rings. The van der Waals surface area contributed by atoms with Gasteiger partial charge in [-0.2, -0.15) is 4.31 Å². The predicted octanol–water partition coefficient (Wildman–Crippen LogP) is 3.82. The maximum absolute atomic E-state index is 12.9. The van der Waals surface area contributed by atoms with Crippen molar-refractivity contribution in [2.45, 2.75) is 43.9 Å². The smallest absolute Gasteiger partial charge is 0.322 e. The van der Waals surface area contributed by atoms with E-state index in [1.54, 1.807) is 30.3 Å². The summed E-state index contributed by atoms with van der Waals surface area (Å²) in [5.41, 5.74) is 2.29. The lowest BCUT2D eigenvalue weighted by Gasteiger charge is -2.30. The monoisotopic (exact) mass is 468 g/mol. The first-order chi connectivity index (χ1) is 15.8. The van der Waals surface area contributed by atoms with Crippen LogP contribution in [-0.4, -0.2) is 41.9 Å². The molecule has 1 atom stereocenters.